The number of carbonyl (C=O) groups excluding carboxylic acids is 1. The first kappa shape index (κ1) is 13.1. The van der Waals surface area contributed by atoms with E-state index >= 15 is 0 Å². The van der Waals surface area contributed by atoms with Gasteiger partial charge in [-0.3, -0.25) is 4.79 Å². The van der Waals surface area contributed by atoms with Crippen LogP contribution in [-0.4, -0.2) is 30.4 Å². The van der Waals surface area contributed by atoms with Crippen LogP contribution in [0, 0.1) is 5.92 Å². The van der Waals surface area contributed by atoms with E-state index in [1.165, 1.54) is 12.0 Å². The molecule has 1 aliphatic rings. The van der Waals surface area contributed by atoms with E-state index in [9.17, 15) is 4.79 Å². The lowest BCUT2D eigenvalue weighted by atomic mass is 9.98. The molecule has 0 aromatic heterocycles. The average Bonchev–Trinajstić information content (AvgIpc) is 2.46. The van der Waals surface area contributed by atoms with Crippen LogP contribution in [0.4, 0.5) is 0 Å². The Balaban J connectivity index is 1.81. The number of likely N-dealkylation sites (tertiary alicyclic amines) is 1. The summed E-state index contributed by atoms with van der Waals surface area (Å²) in [6.45, 7) is 2.46. The predicted octanol–water partition coefficient (Wildman–Crippen LogP) is 1.82. The number of nitrogens with zero attached hydrogens (tertiary/aromatic N) is 1. The molecule has 1 amide bonds. The van der Waals surface area contributed by atoms with Gasteiger partial charge >= 0.3 is 0 Å². The fourth-order valence-electron chi connectivity index (χ4n) is 2.54. The van der Waals surface area contributed by atoms with Crippen LogP contribution in [0.25, 0.3) is 0 Å². The summed E-state index contributed by atoms with van der Waals surface area (Å²) in [7, 11) is 0. The summed E-state index contributed by atoms with van der Waals surface area (Å²) in [6, 6.07) is 10.2. The van der Waals surface area contributed by atoms with Crippen LogP contribution in [0.1, 0.15) is 24.8 Å². The minimum atomic E-state index is 0.275. The average molecular weight is 246 g/mol. The minimum Gasteiger partial charge on any atom is -0.342 e. The molecule has 0 radical (unpaired) electrons. The van der Waals surface area contributed by atoms with Crippen molar-refractivity contribution in [1.82, 2.24) is 4.90 Å². The molecule has 1 saturated heterocycles. The van der Waals surface area contributed by atoms with Gasteiger partial charge in [-0.2, -0.15) is 0 Å². The summed E-state index contributed by atoms with van der Waals surface area (Å²) in [5, 5.41) is 0. The van der Waals surface area contributed by atoms with Gasteiger partial charge in [0.25, 0.3) is 0 Å². The Morgan fingerprint density at radius 3 is 2.83 bits per heavy atom. The SMILES string of the molecule is NCC1CCCN(C(=O)CCc2ccccc2)C1. The molecule has 0 spiro atoms. The van der Waals surface area contributed by atoms with Gasteiger partial charge < -0.3 is 10.6 Å². The maximum Gasteiger partial charge on any atom is 0.222 e. The smallest absolute Gasteiger partial charge is 0.222 e. The summed E-state index contributed by atoms with van der Waals surface area (Å²) < 4.78 is 0. The Kier molecular flexibility index (Phi) is 4.76. The van der Waals surface area contributed by atoms with E-state index in [0.29, 0.717) is 18.9 Å². The summed E-state index contributed by atoms with van der Waals surface area (Å²) in [5.74, 6) is 0.774. The van der Waals surface area contributed by atoms with E-state index in [-0.39, 0.29) is 5.91 Å². The second kappa shape index (κ2) is 6.55. The number of carbonyl (C=O) groups is 1. The zero-order valence-corrected chi connectivity index (χ0v) is 10.8. The lowest BCUT2D eigenvalue weighted by Gasteiger charge is -2.32. The van der Waals surface area contributed by atoms with Crippen LogP contribution in [-0.2, 0) is 11.2 Å². The predicted molar refractivity (Wildman–Crippen MR) is 73.1 cm³/mol. The van der Waals surface area contributed by atoms with E-state index < -0.39 is 0 Å². The molecular weight excluding hydrogens is 224 g/mol. The van der Waals surface area contributed by atoms with Gasteiger partial charge in [0.1, 0.15) is 0 Å². The molecule has 1 atom stereocenters. The Morgan fingerprint density at radius 2 is 2.11 bits per heavy atom. The first-order valence-electron chi connectivity index (χ1n) is 6.81. The number of aryl methyl sites for hydroxylation is 1. The van der Waals surface area contributed by atoms with Gasteiger partial charge in [-0.05, 0) is 37.3 Å². The van der Waals surface area contributed by atoms with Crippen molar-refractivity contribution in [3.8, 4) is 0 Å². The maximum atomic E-state index is 12.1. The molecular formula is C15H22N2O. The molecule has 1 unspecified atom stereocenters. The fraction of sp³-hybridized carbons (Fsp3) is 0.533. The summed E-state index contributed by atoms with van der Waals surface area (Å²) in [4.78, 5) is 14.1. The molecule has 3 heteroatoms. The van der Waals surface area contributed by atoms with Crippen molar-refractivity contribution in [3.63, 3.8) is 0 Å². The van der Waals surface area contributed by atoms with E-state index in [2.05, 4.69) is 12.1 Å². The van der Waals surface area contributed by atoms with Crippen LogP contribution in [0.3, 0.4) is 0 Å². The highest BCUT2D eigenvalue weighted by Crippen LogP contribution is 2.16. The van der Waals surface area contributed by atoms with E-state index in [4.69, 9.17) is 5.73 Å². The van der Waals surface area contributed by atoms with Crippen LogP contribution in [0.2, 0.25) is 0 Å². The van der Waals surface area contributed by atoms with Gasteiger partial charge in [-0.15, -0.1) is 0 Å². The topological polar surface area (TPSA) is 46.3 Å². The zero-order valence-electron chi connectivity index (χ0n) is 10.8. The van der Waals surface area contributed by atoms with Crippen molar-refractivity contribution in [2.45, 2.75) is 25.7 Å². The number of hydrogen-bond donors (Lipinski definition) is 1. The lowest BCUT2D eigenvalue weighted by molar-refractivity contribution is -0.132. The van der Waals surface area contributed by atoms with Gasteiger partial charge in [0.2, 0.25) is 5.91 Å². The second-order valence-corrected chi connectivity index (χ2v) is 5.07. The molecule has 18 heavy (non-hydrogen) atoms. The van der Waals surface area contributed by atoms with Crippen molar-refractivity contribution in [2.75, 3.05) is 19.6 Å². The first-order chi connectivity index (χ1) is 8.79. The molecule has 1 fully saturated rings. The number of benzene rings is 1. The van der Waals surface area contributed by atoms with Crippen molar-refractivity contribution in [3.05, 3.63) is 35.9 Å². The molecule has 3 nitrogen and oxygen atoms in total. The van der Waals surface area contributed by atoms with E-state index in [1.54, 1.807) is 0 Å². The van der Waals surface area contributed by atoms with Crippen molar-refractivity contribution < 1.29 is 4.79 Å². The third-order valence-corrected chi connectivity index (χ3v) is 3.68. The van der Waals surface area contributed by atoms with Crippen molar-refractivity contribution in [2.24, 2.45) is 11.7 Å². The standard InChI is InChI=1S/C15H22N2O/c16-11-14-7-4-10-17(12-14)15(18)9-8-13-5-2-1-3-6-13/h1-3,5-6,14H,4,7-12,16H2. The highest BCUT2D eigenvalue weighted by atomic mass is 16.2. The molecule has 2 rings (SSSR count). The zero-order chi connectivity index (χ0) is 12.8. The molecule has 1 aromatic rings. The van der Waals surface area contributed by atoms with Gasteiger partial charge in [0.05, 0.1) is 0 Å². The highest BCUT2D eigenvalue weighted by Gasteiger charge is 2.22. The number of rotatable bonds is 4. The Labute approximate surface area is 109 Å². The molecule has 2 N–H and O–H groups in total. The maximum absolute atomic E-state index is 12.1. The molecule has 1 aliphatic heterocycles. The van der Waals surface area contributed by atoms with Crippen LogP contribution in [0.15, 0.2) is 30.3 Å². The molecule has 0 aliphatic carbocycles. The Bertz CT molecular complexity index is 377. The van der Waals surface area contributed by atoms with Gasteiger partial charge in [-0.1, -0.05) is 30.3 Å². The minimum absolute atomic E-state index is 0.275. The molecule has 1 aromatic carbocycles. The fourth-order valence-corrected chi connectivity index (χ4v) is 2.54. The molecule has 1 heterocycles. The normalized spacial score (nSPS) is 19.8. The largest absolute Gasteiger partial charge is 0.342 e. The second-order valence-electron chi connectivity index (χ2n) is 5.07. The number of hydrogen-bond acceptors (Lipinski definition) is 2. The van der Waals surface area contributed by atoms with Crippen molar-refractivity contribution in [1.29, 1.82) is 0 Å². The number of piperidine rings is 1. The third-order valence-electron chi connectivity index (χ3n) is 3.68. The molecule has 0 bridgehead atoms. The monoisotopic (exact) mass is 246 g/mol. The summed E-state index contributed by atoms with van der Waals surface area (Å²) in [5.41, 5.74) is 6.93. The first-order valence-corrected chi connectivity index (χ1v) is 6.81. The van der Waals surface area contributed by atoms with Crippen molar-refractivity contribution >= 4 is 5.91 Å². The van der Waals surface area contributed by atoms with Gasteiger partial charge in [0.15, 0.2) is 0 Å². The number of amides is 1. The van der Waals surface area contributed by atoms with Gasteiger partial charge in [-0.25, -0.2) is 0 Å². The summed E-state index contributed by atoms with van der Waals surface area (Å²) in [6.07, 6.45) is 3.71. The van der Waals surface area contributed by atoms with Gasteiger partial charge in [0, 0.05) is 19.5 Å². The highest BCUT2D eigenvalue weighted by molar-refractivity contribution is 5.76. The number of nitrogens with two attached hydrogens (primary N) is 1. The summed E-state index contributed by atoms with van der Waals surface area (Å²) >= 11 is 0. The van der Waals surface area contributed by atoms with Crippen LogP contribution < -0.4 is 5.73 Å². The Hall–Kier alpha value is -1.35. The molecule has 98 valence electrons. The Morgan fingerprint density at radius 1 is 1.33 bits per heavy atom. The van der Waals surface area contributed by atoms with Crippen LogP contribution in [0.5, 0.6) is 0 Å². The van der Waals surface area contributed by atoms with E-state index in [0.717, 1.165) is 25.9 Å². The molecule has 0 saturated carbocycles. The lowest BCUT2D eigenvalue weighted by Crippen LogP contribution is -2.42. The van der Waals surface area contributed by atoms with Crippen LogP contribution >= 0.6 is 0 Å². The van der Waals surface area contributed by atoms with E-state index in [1.807, 2.05) is 23.1 Å². The quantitative estimate of drug-likeness (QED) is 0.881. The third kappa shape index (κ3) is 3.57.